The van der Waals surface area contributed by atoms with E-state index in [9.17, 15) is 4.79 Å². The quantitative estimate of drug-likeness (QED) is 0.266. The number of hydrogen-bond acceptors (Lipinski definition) is 6. The van der Waals surface area contributed by atoms with Crippen molar-refractivity contribution in [3.05, 3.63) is 12.7 Å². The van der Waals surface area contributed by atoms with Crippen LogP contribution in [0.3, 0.4) is 0 Å². The lowest BCUT2D eigenvalue weighted by Crippen LogP contribution is -2.43. The van der Waals surface area contributed by atoms with Crippen LogP contribution in [-0.4, -0.2) is 55.8 Å². The minimum atomic E-state index is -2.45. The molecule has 8 heteroatoms. The summed E-state index contributed by atoms with van der Waals surface area (Å²) in [6, 6.07) is 0.746. The number of ether oxygens (including phenoxy) is 1. The largest absolute Gasteiger partial charge is 0.500 e. The summed E-state index contributed by atoms with van der Waals surface area (Å²) in [5.74, 6) is -0.402. The van der Waals surface area contributed by atoms with Crippen molar-refractivity contribution >= 4 is 27.2 Å². The van der Waals surface area contributed by atoms with E-state index in [-0.39, 0.29) is 12.4 Å². The molecular weight excluding hydrogens is 290 g/mol. The molecule has 114 valence electrons. The highest BCUT2D eigenvalue weighted by Crippen LogP contribution is 2.14. The van der Waals surface area contributed by atoms with Crippen molar-refractivity contribution in [3.8, 4) is 0 Å². The number of nitrogens with one attached hydrogen (secondary N) is 1. The molecule has 0 aliphatic carbocycles. The SMILES string of the molecule is C=CC(=O)OCCNCCC[Si](OC)(OC)OC.Cl. The second-order valence-electron chi connectivity index (χ2n) is 3.52. The minimum Gasteiger partial charge on any atom is -0.461 e. The third-order valence-electron chi connectivity index (χ3n) is 2.46. The molecule has 0 radical (unpaired) electrons. The second kappa shape index (κ2) is 12.6. The summed E-state index contributed by atoms with van der Waals surface area (Å²) in [5.41, 5.74) is 0. The molecule has 0 aromatic carbocycles. The molecule has 0 spiro atoms. The van der Waals surface area contributed by atoms with Gasteiger partial charge in [-0.05, 0) is 13.0 Å². The first kappa shape index (κ1) is 20.9. The molecule has 0 amide bonds. The van der Waals surface area contributed by atoms with E-state index in [1.165, 1.54) is 0 Å². The summed E-state index contributed by atoms with van der Waals surface area (Å²) in [7, 11) is 2.35. The van der Waals surface area contributed by atoms with Gasteiger partial charge in [-0.2, -0.15) is 0 Å². The molecule has 0 unspecified atom stereocenters. The van der Waals surface area contributed by atoms with Crippen molar-refractivity contribution < 1.29 is 22.8 Å². The van der Waals surface area contributed by atoms with Gasteiger partial charge in [-0.15, -0.1) is 12.4 Å². The van der Waals surface area contributed by atoms with Gasteiger partial charge in [0.2, 0.25) is 0 Å². The number of rotatable bonds is 11. The van der Waals surface area contributed by atoms with Crippen molar-refractivity contribution in [2.45, 2.75) is 12.5 Å². The molecule has 0 aromatic rings. The van der Waals surface area contributed by atoms with Gasteiger partial charge in [0, 0.05) is 40.0 Å². The van der Waals surface area contributed by atoms with Gasteiger partial charge in [-0.25, -0.2) is 4.79 Å². The van der Waals surface area contributed by atoms with Crippen molar-refractivity contribution in [1.29, 1.82) is 0 Å². The summed E-state index contributed by atoms with van der Waals surface area (Å²) in [6.45, 7) is 5.05. The molecule has 0 rings (SSSR count). The van der Waals surface area contributed by atoms with Crippen molar-refractivity contribution in [2.24, 2.45) is 0 Å². The molecule has 0 aromatic heterocycles. The number of carbonyl (C=O) groups excluding carboxylic acids is 1. The van der Waals surface area contributed by atoms with Crippen LogP contribution in [0.4, 0.5) is 0 Å². The maximum absolute atomic E-state index is 10.7. The smallest absolute Gasteiger partial charge is 0.461 e. The second-order valence-corrected chi connectivity index (χ2v) is 6.61. The predicted octanol–water partition coefficient (Wildman–Crippen LogP) is 0.995. The highest BCUT2D eigenvalue weighted by molar-refractivity contribution is 6.60. The zero-order chi connectivity index (χ0) is 13.9. The summed E-state index contributed by atoms with van der Waals surface area (Å²) in [6.07, 6.45) is 2.02. The Morgan fingerprint density at radius 1 is 1.21 bits per heavy atom. The van der Waals surface area contributed by atoms with E-state index in [1.807, 2.05) is 0 Å². The maximum atomic E-state index is 10.7. The normalized spacial score (nSPS) is 10.7. The number of carbonyl (C=O) groups is 1. The maximum Gasteiger partial charge on any atom is 0.500 e. The van der Waals surface area contributed by atoms with Crippen molar-refractivity contribution in [2.75, 3.05) is 41.0 Å². The van der Waals surface area contributed by atoms with Gasteiger partial charge in [0.05, 0.1) is 0 Å². The Labute approximate surface area is 122 Å². The third kappa shape index (κ3) is 9.14. The standard InChI is InChI=1S/C11H23NO5Si.ClH/c1-5-11(13)17-9-8-12-7-6-10-18(14-2,15-3)16-4;/h5,12H,1,6-10H2,2-4H3;1H. The van der Waals surface area contributed by atoms with Crippen LogP contribution in [0, 0.1) is 0 Å². The average Bonchev–Trinajstić information content (AvgIpc) is 2.42. The fourth-order valence-corrected chi connectivity index (χ4v) is 3.12. The van der Waals surface area contributed by atoms with Gasteiger partial charge < -0.3 is 23.3 Å². The Morgan fingerprint density at radius 3 is 2.26 bits per heavy atom. The zero-order valence-electron chi connectivity index (χ0n) is 11.8. The fraction of sp³-hybridized carbons (Fsp3) is 0.727. The van der Waals surface area contributed by atoms with E-state index in [4.69, 9.17) is 18.0 Å². The van der Waals surface area contributed by atoms with E-state index in [0.29, 0.717) is 13.2 Å². The van der Waals surface area contributed by atoms with E-state index >= 15 is 0 Å². The molecule has 19 heavy (non-hydrogen) atoms. The van der Waals surface area contributed by atoms with Gasteiger partial charge >= 0.3 is 14.8 Å². The molecule has 0 saturated carbocycles. The molecule has 0 atom stereocenters. The Hall–Kier alpha value is -0.443. The Morgan fingerprint density at radius 2 is 1.79 bits per heavy atom. The molecule has 0 fully saturated rings. The van der Waals surface area contributed by atoms with Gasteiger partial charge in [-0.3, -0.25) is 0 Å². The van der Waals surface area contributed by atoms with Gasteiger partial charge in [0.15, 0.2) is 0 Å². The third-order valence-corrected chi connectivity index (χ3v) is 5.29. The zero-order valence-corrected chi connectivity index (χ0v) is 13.6. The molecule has 0 saturated heterocycles. The van der Waals surface area contributed by atoms with Crippen LogP contribution in [0.25, 0.3) is 0 Å². The van der Waals surface area contributed by atoms with Crippen molar-refractivity contribution in [3.63, 3.8) is 0 Å². The lowest BCUT2D eigenvalue weighted by Gasteiger charge is -2.24. The first-order valence-electron chi connectivity index (χ1n) is 5.79. The summed E-state index contributed by atoms with van der Waals surface area (Å²) in [5, 5.41) is 3.15. The number of halogens is 1. The first-order chi connectivity index (χ1) is 8.64. The highest BCUT2D eigenvalue weighted by atomic mass is 35.5. The predicted molar refractivity (Wildman–Crippen MR) is 77.5 cm³/mol. The number of esters is 1. The topological polar surface area (TPSA) is 66.0 Å². The monoisotopic (exact) mass is 313 g/mol. The van der Waals surface area contributed by atoms with Gasteiger partial charge in [-0.1, -0.05) is 6.58 Å². The number of hydrogen-bond donors (Lipinski definition) is 1. The Balaban J connectivity index is 0. The summed E-state index contributed by atoms with van der Waals surface area (Å²) in [4.78, 5) is 10.7. The van der Waals surface area contributed by atoms with E-state index in [0.717, 1.165) is 25.1 Å². The van der Waals surface area contributed by atoms with Crippen LogP contribution in [0.1, 0.15) is 6.42 Å². The van der Waals surface area contributed by atoms with Crippen LogP contribution in [0.2, 0.25) is 6.04 Å². The van der Waals surface area contributed by atoms with E-state index in [2.05, 4.69) is 11.9 Å². The van der Waals surface area contributed by atoms with Crippen LogP contribution in [-0.2, 0) is 22.8 Å². The average molecular weight is 314 g/mol. The lowest BCUT2D eigenvalue weighted by molar-refractivity contribution is -0.137. The van der Waals surface area contributed by atoms with Crippen LogP contribution < -0.4 is 5.32 Å². The Kier molecular flexibility index (Phi) is 13.8. The van der Waals surface area contributed by atoms with Crippen LogP contribution in [0.15, 0.2) is 12.7 Å². The van der Waals surface area contributed by atoms with Crippen molar-refractivity contribution in [1.82, 2.24) is 5.32 Å². The van der Waals surface area contributed by atoms with E-state index in [1.54, 1.807) is 21.3 Å². The molecule has 6 nitrogen and oxygen atoms in total. The first-order valence-corrected chi connectivity index (χ1v) is 7.72. The summed E-state index contributed by atoms with van der Waals surface area (Å²) < 4.78 is 20.7. The minimum absolute atomic E-state index is 0. The van der Waals surface area contributed by atoms with Crippen LogP contribution >= 0.6 is 12.4 Å². The van der Waals surface area contributed by atoms with Gasteiger partial charge in [0.1, 0.15) is 6.61 Å². The fourth-order valence-electron chi connectivity index (χ4n) is 1.39. The Bertz CT molecular complexity index is 243. The summed E-state index contributed by atoms with van der Waals surface area (Å²) >= 11 is 0. The molecule has 0 bridgehead atoms. The highest BCUT2D eigenvalue weighted by Gasteiger charge is 2.36. The molecule has 1 N–H and O–H groups in total. The molecule has 0 aliphatic rings. The van der Waals surface area contributed by atoms with Gasteiger partial charge in [0.25, 0.3) is 0 Å². The lowest BCUT2D eigenvalue weighted by atomic mass is 10.5. The molecular formula is C11H24ClNO5Si. The van der Waals surface area contributed by atoms with E-state index < -0.39 is 14.8 Å². The molecule has 0 heterocycles. The molecule has 0 aliphatic heterocycles. The van der Waals surface area contributed by atoms with Crippen LogP contribution in [0.5, 0.6) is 0 Å².